The average Bonchev–Trinajstić information content (AvgIpc) is 2.55. The van der Waals surface area contributed by atoms with Crippen molar-refractivity contribution < 1.29 is 14.3 Å². The molecule has 2 rings (SSSR count). The topological polar surface area (TPSA) is 64.8 Å². The number of carbonyl (C=O) groups excluding carboxylic acids is 1. The SMILES string of the molecule is COc1ccccc1OCCC(=O)N1CCC[C@@H]([C@H](C)N)C1. The number of ether oxygens (including phenoxy) is 2. The summed E-state index contributed by atoms with van der Waals surface area (Å²) in [5, 5.41) is 0. The molecule has 0 saturated carbocycles. The number of rotatable bonds is 6. The van der Waals surface area contributed by atoms with E-state index in [0.717, 1.165) is 25.9 Å². The van der Waals surface area contributed by atoms with E-state index in [1.165, 1.54) is 0 Å². The zero-order chi connectivity index (χ0) is 15.9. The van der Waals surface area contributed by atoms with Crippen LogP contribution in [0.3, 0.4) is 0 Å². The maximum atomic E-state index is 12.3. The Labute approximate surface area is 132 Å². The molecule has 1 fully saturated rings. The Kier molecular flexibility index (Phi) is 6.07. The second-order valence-electron chi connectivity index (χ2n) is 5.85. The van der Waals surface area contributed by atoms with Crippen molar-refractivity contribution >= 4 is 5.91 Å². The number of benzene rings is 1. The van der Waals surface area contributed by atoms with Crippen LogP contribution in [-0.4, -0.2) is 43.7 Å². The maximum Gasteiger partial charge on any atom is 0.226 e. The molecule has 1 aromatic rings. The van der Waals surface area contributed by atoms with Crippen LogP contribution in [0, 0.1) is 5.92 Å². The van der Waals surface area contributed by atoms with Gasteiger partial charge in [0.2, 0.25) is 5.91 Å². The van der Waals surface area contributed by atoms with Gasteiger partial charge in [0.15, 0.2) is 11.5 Å². The molecule has 5 heteroatoms. The van der Waals surface area contributed by atoms with Gasteiger partial charge in [0.25, 0.3) is 0 Å². The third kappa shape index (κ3) is 4.37. The number of hydrogen-bond acceptors (Lipinski definition) is 4. The fraction of sp³-hybridized carbons (Fsp3) is 0.588. The van der Waals surface area contributed by atoms with Gasteiger partial charge in [-0.1, -0.05) is 12.1 Å². The average molecular weight is 306 g/mol. The number of hydrogen-bond donors (Lipinski definition) is 1. The largest absolute Gasteiger partial charge is 0.493 e. The number of methoxy groups -OCH3 is 1. The van der Waals surface area contributed by atoms with E-state index in [1.807, 2.05) is 36.1 Å². The molecule has 2 N–H and O–H groups in total. The highest BCUT2D eigenvalue weighted by Crippen LogP contribution is 2.26. The lowest BCUT2D eigenvalue weighted by Gasteiger charge is -2.34. The highest BCUT2D eigenvalue weighted by Gasteiger charge is 2.25. The predicted molar refractivity (Wildman–Crippen MR) is 86.1 cm³/mol. The molecule has 0 radical (unpaired) electrons. The first-order chi connectivity index (χ1) is 10.6. The van der Waals surface area contributed by atoms with E-state index in [4.69, 9.17) is 15.2 Å². The van der Waals surface area contributed by atoms with E-state index in [-0.39, 0.29) is 11.9 Å². The Hall–Kier alpha value is -1.75. The number of piperidine rings is 1. The van der Waals surface area contributed by atoms with Crippen molar-refractivity contribution in [3.63, 3.8) is 0 Å². The number of nitrogens with two attached hydrogens (primary N) is 1. The van der Waals surface area contributed by atoms with Crippen molar-refractivity contribution in [3.8, 4) is 11.5 Å². The van der Waals surface area contributed by atoms with E-state index in [2.05, 4.69) is 0 Å². The van der Waals surface area contributed by atoms with Crippen molar-refractivity contribution in [2.24, 2.45) is 11.7 Å². The fourth-order valence-electron chi connectivity index (χ4n) is 2.81. The fourth-order valence-corrected chi connectivity index (χ4v) is 2.81. The zero-order valence-corrected chi connectivity index (χ0v) is 13.5. The minimum absolute atomic E-state index is 0.139. The molecule has 0 spiro atoms. The Bertz CT molecular complexity index is 491. The van der Waals surface area contributed by atoms with Crippen LogP contribution in [0.5, 0.6) is 11.5 Å². The van der Waals surface area contributed by atoms with E-state index in [9.17, 15) is 4.79 Å². The van der Waals surface area contributed by atoms with Crippen LogP contribution in [0.1, 0.15) is 26.2 Å². The van der Waals surface area contributed by atoms with Gasteiger partial charge in [-0.05, 0) is 37.8 Å². The summed E-state index contributed by atoms with van der Waals surface area (Å²) < 4.78 is 10.9. The van der Waals surface area contributed by atoms with Crippen LogP contribution in [0.15, 0.2) is 24.3 Å². The summed E-state index contributed by atoms with van der Waals surface area (Å²) in [4.78, 5) is 14.2. The summed E-state index contributed by atoms with van der Waals surface area (Å²) in [5.74, 6) is 1.91. The molecule has 1 amide bonds. The van der Waals surface area contributed by atoms with Crippen LogP contribution < -0.4 is 15.2 Å². The van der Waals surface area contributed by atoms with Crippen molar-refractivity contribution in [3.05, 3.63) is 24.3 Å². The van der Waals surface area contributed by atoms with Crippen molar-refractivity contribution in [1.29, 1.82) is 0 Å². The molecule has 122 valence electrons. The standard InChI is InChI=1S/C17H26N2O3/c1-13(18)14-6-5-10-19(12-14)17(20)9-11-22-16-8-4-3-7-15(16)21-2/h3-4,7-8,13-14H,5-6,9-12,18H2,1-2H3/t13-,14+/m0/s1. The Morgan fingerprint density at radius 3 is 2.82 bits per heavy atom. The molecule has 0 bridgehead atoms. The monoisotopic (exact) mass is 306 g/mol. The number of carbonyl (C=O) groups is 1. The van der Waals surface area contributed by atoms with Crippen molar-refractivity contribution in [2.45, 2.75) is 32.2 Å². The van der Waals surface area contributed by atoms with Gasteiger partial charge in [0.05, 0.1) is 20.1 Å². The first-order valence-corrected chi connectivity index (χ1v) is 7.91. The molecule has 1 saturated heterocycles. The smallest absolute Gasteiger partial charge is 0.226 e. The maximum absolute atomic E-state index is 12.3. The molecule has 1 aromatic carbocycles. The Morgan fingerprint density at radius 1 is 1.41 bits per heavy atom. The molecular weight excluding hydrogens is 280 g/mol. The first kappa shape index (κ1) is 16.6. The van der Waals surface area contributed by atoms with Gasteiger partial charge in [0.1, 0.15) is 0 Å². The van der Waals surface area contributed by atoms with Gasteiger partial charge in [-0.2, -0.15) is 0 Å². The van der Waals surface area contributed by atoms with Gasteiger partial charge in [-0.25, -0.2) is 0 Å². The highest BCUT2D eigenvalue weighted by atomic mass is 16.5. The summed E-state index contributed by atoms with van der Waals surface area (Å²) in [6, 6.07) is 7.60. The third-order valence-electron chi connectivity index (χ3n) is 4.20. The van der Waals surface area contributed by atoms with Gasteiger partial charge in [0, 0.05) is 19.1 Å². The molecule has 5 nitrogen and oxygen atoms in total. The number of nitrogens with zero attached hydrogens (tertiary/aromatic N) is 1. The Morgan fingerprint density at radius 2 is 2.14 bits per heavy atom. The third-order valence-corrected chi connectivity index (χ3v) is 4.20. The van der Waals surface area contributed by atoms with E-state index in [1.54, 1.807) is 7.11 Å². The van der Waals surface area contributed by atoms with Gasteiger partial charge < -0.3 is 20.1 Å². The van der Waals surface area contributed by atoms with Crippen molar-refractivity contribution in [1.82, 2.24) is 4.90 Å². The number of para-hydroxylation sites is 2. The van der Waals surface area contributed by atoms with Crippen LogP contribution >= 0.6 is 0 Å². The molecule has 0 aromatic heterocycles. The van der Waals surface area contributed by atoms with Gasteiger partial charge in [-0.3, -0.25) is 4.79 Å². The molecule has 1 heterocycles. The lowest BCUT2D eigenvalue weighted by Crippen LogP contribution is -2.45. The quantitative estimate of drug-likeness (QED) is 0.873. The first-order valence-electron chi connectivity index (χ1n) is 7.91. The van der Waals surface area contributed by atoms with Crippen molar-refractivity contribution in [2.75, 3.05) is 26.8 Å². The van der Waals surface area contributed by atoms with Gasteiger partial charge in [-0.15, -0.1) is 0 Å². The molecule has 0 aliphatic carbocycles. The van der Waals surface area contributed by atoms with Crippen LogP contribution in [0.25, 0.3) is 0 Å². The molecule has 22 heavy (non-hydrogen) atoms. The summed E-state index contributed by atoms with van der Waals surface area (Å²) in [6.45, 7) is 3.98. The second-order valence-corrected chi connectivity index (χ2v) is 5.85. The zero-order valence-electron chi connectivity index (χ0n) is 13.5. The molecule has 0 unspecified atom stereocenters. The minimum atomic E-state index is 0.139. The predicted octanol–water partition coefficient (Wildman–Crippen LogP) is 2.05. The van der Waals surface area contributed by atoms with Crippen LogP contribution in [0.2, 0.25) is 0 Å². The van der Waals surface area contributed by atoms with Crippen LogP contribution in [-0.2, 0) is 4.79 Å². The highest BCUT2D eigenvalue weighted by molar-refractivity contribution is 5.76. The second kappa shape index (κ2) is 8.03. The molecule has 1 aliphatic rings. The van der Waals surface area contributed by atoms with Crippen LogP contribution in [0.4, 0.5) is 0 Å². The van der Waals surface area contributed by atoms with E-state index >= 15 is 0 Å². The summed E-state index contributed by atoms with van der Waals surface area (Å²) in [6.07, 6.45) is 2.52. The molecular formula is C17H26N2O3. The lowest BCUT2D eigenvalue weighted by molar-refractivity contribution is -0.133. The summed E-state index contributed by atoms with van der Waals surface area (Å²) in [5.41, 5.74) is 5.96. The molecule has 1 aliphatic heterocycles. The molecule has 2 atom stereocenters. The normalized spacial score (nSPS) is 19.6. The minimum Gasteiger partial charge on any atom is -0.493 e. The lowest BCUT2D eigenvalue weighted by atomic mass is 9.92. The Balaban J connectivity index is 1.80. The van der Waals surface area contributed by atoms with E-state index < -0.39 is 0 Å². The van der Waals surface area contributed by atoms with Gasteiger partial charge >= 0.3 is 0 Å². The summed E-state index contributed by atoms with van der Waals surface area (Å²) in [7, 11) is 1.61. The summed E-state index contributed by atoms with van der Waals surface area (Å²) >= 11 is 0. The number of likely N-dealkylation sites (tertiary alicyclic amines) is 1. The number of amides is 1. The van der Waals surface area contributed by atoms with E-state index in [0.29, 0.717) is 30.4 Å².